The first-order chi connectivity index (χ1) is 4.31. The van der Waals surface area contributed by atoms with Gasteiger partial charge in [-0.1, -0.05) is 6.08 Å². The lowest BCUT2D eigenvalue weighted by Gasteiger charge is -2.24. The Morgan fingerprint density at radius 3 is 2.00 bits per heavy atom. The molecule has 0 aromatic heterocycles. The molecule has 0 aromatic rings. The molecule has 1 nitrogen and oxygen atoms in total. The Balaban J connectivity index is 4.23. The molecule has 0 fully saturated rings. The fraction of sp³-hybridized carbons (Fsp3) is 0.667. The lowest BCUT2D eigenvalue weighted by atomic mass is 10.0. The average Bonchev–Trinajstić information content (AvgIpc) is 1.61. The molecule has 0 aliphatic rings. The van der Waals surface area contributed by atoms with Crippen LogP contribution in [0.25, 0.3) is 0 Å². The molecule has 0 bridgehead atoms. The van der Waals surface area contributed by atoms with E-state index >= 15 is 0 Å². The smallest absolute Gasteiger partial charge is 0.380 e. The molecule has 0 heterocycles. The minimum absolute atomic E-state index is 0.476. The number of rotatable bonds is 2. The van der Waals surface area contributed by atoms with Crippen molar-refractivity contribution in [2.75, 3.05) is 0 Å². The second kappa shape index (κ2) is 2.62. The van der Waals surface area contributed by atoms with Crippen molar-refractivity contribution in [3.05, 3.63) is 12.7 Å². The van der Waals surface area contributed by atoms with E-state index in [9.17, 15) is 13.2 Å². The molecule has 0 amide bonds. The lowest BCUT2D eigenvalue weighted by molar-refractivity contribution is -0.251. The SMILES string of the molecule is C=CC[C@@](C)(O)C(F)(F)F. The quantitative estimate of drug-likeness (QED) is 0.602. The fourth-order valence-electron chi connectivity index (χ4n) is 0.397. The van der Waals surface area contributed by atoms with Gasteiger partial charge in [-0.3, -0.25) is 0 Å². The van der Waals surface area contributed by atoms with Gasteiger partial charge < -0.3 is 5.11 Å². The summed E-state index contributed by atoms with van der Waals surface area (Å²) in [6, 6.07) is 0. The Kier molecular flexibility index (Phi) is 2.48. The highest BCUT2D eigenvalue weighted by Crippen LogP contribution is 2.32. The van der Waals surface area contributed by atoms with Crippen LogP contribution in [-0.2, 0) is 0 Å². The summed E-state index contributed by atoms with van der Waals surface area (Å²) in [4.78, 5) is 0. The summed E-state index contributed by atoms with van der Waals surface area (Å²) in [7, 11) is 0. The maximum Gasteiger partial charge on any atom is 0.417 e. The van der Waals surface area contributed by atoms with Crippen LogP contribution >= 0.6 is 0 Å². The predicted octanol–water partition coefficient (Wildman–Crippen LogP) is 1.88. The highest BCUT2D eigenvalue weighted by atomic mass is 19.4. The normalized spacial score (nSPS) is 18.1. The van der Waals surface area contributed by atoms with Gasteiger partial charge in [0.2, 0.25) is 0 Å². The summed E-state index contributed by atoms with van der Waals surface area (Å²) in [6.45, 7) is 3.82. The molecule has 0 unspecified atom stereocenters. The van der Waals surface area contributed by atoms with Crippen molar-refractivity contribution in [1.82, 2.24) is 0 Å². The Hall–Kier alpha value is -0.510. The highest BCUT2D eigenvalue weighted by molar-refractivity contribution is 4.88. The third-order valence-electron chi connectivity index (χ3n) is 1.15. The molecule has 0 aliphatic heterocycles. The van der Waals surface area contributed by atoms with E-state index in [0.717, 1.165) is 6.08 Å². The minimum atomic E-state index is -4.57. The van der Waals surface area contributed by atoms with Crippen molar-refractivity contribution in [2.24, 2.45) is 0 Å². The first-order valence-electron chi connectivity index (χ1n) is 2.71. The minimum Gasteiger partial charge on any atom is -0.380 e. The van der Waals surface area contributed by atoms with E-state index in [1.807, 2.05) is 0 Å². The van der Waals surface area contributed by atoms with Gasteiger partial charge in [0.05, 0.1) is 0 Å². The largest absolute Gasteiger partial charge is 0.417 e. The van der Waals surface area contributed by atoms with Crippen molar-refractivity contribution in [2.45, 2.75) is 25.1 Å². The maximum absolute atomic E-state index is 11.7. The van der Waals surface area contributed by atoms with E-state index in [1.54, 1.807) is 0 Å². The Morgan fingerprint density at radius 1 is 1.50 bits per heavy atom. The summed E-state index contributed by atoms with van der Waals surface area (Å²) >= 11 is 0. The van der Waals surface area contributed by atoms with Crippen LogP contribution in [0.2, 0.25) is 0 Å². The van der Waals surface area contributed by atoms with Crippen LogP contribution in [0.3, 0.4) is 0 Å². The molecule has 0 saturated carbocycles. The van der Waals surface area contributed by atoms with Gasteiger partial charge in [-0.25, -0.2) is 0 Å². The molecule has 4 heteroatoms. The number of hydrogen-bond donors (Lipinski definition) is 1. The summed E-state index contributed by atoms with van der Waals surface area (Å²) in [6.07, 6.45) is -4.01. The van der Waals surface area contributed by atoms with E-state index in [1.165, 1.54) is 0 Å². The molecule has 0 saturated heterocycles. The maximum atomic E-state index is 11.7. The van der Waals surface area contributed by atoms with Gasteiger partial charge >= 0.3 is 6.18 Å². The summed E-state index contributed by atoms with van der Waals surface area (Å²) in [5.74, 6) is 0. The van der Waals surface area contributed by atoms with Crippen molar-refractivity contribution in [3.63, 3.8) is 0 Å². The van der Waals surface area contributed by atoms with Gasteiger partial charge in [0.15, 0.2) is 5.60 Å². The van der Waals surface area contributed by atoms with Crippen molar-refractivity contribution < 1.29 is 18.3 Å². The van der Waals surface area contributed by atoms with Gasteiger partial charge in [0.25, 0.3) is 0 Å². The molecule has 0 aliphatic carbocycles. The van der Waals surface area contributed by atoms with Gasteiger partial charge in [-0.2, -0.15) is 13.2 Å². The topological polar surface area (TPSA) is 20.2 Å². The van der Waals surface area contributed by atoms with E-state index < -0.39 is 18.2 Å². The second-order valence-electron chi connectivity index (χ2n) is 2.26. The zero-order chi connectivity index (χ0) is 8.41. The molecule has 1 atom stereocenters. The molecule has 0 spiro atoms. The molecule has 1 N–H and O–H groups in total. The first kappa shape index (κ1) is 9.49. The summed E-state index contributed by atoms with van der Waals surface area (Å²) < 4.78 is 35.2. The van der Waals surface area contributed by atoms with Crippen LogP contribution < -0.4 is 0 Å². The summed E-state index contributed by atoms with van der Waals surface area (Å²) in [5, 5.41) is 8.65. The summed E-state index contributed by atoms with van der Waals surface area (Å²) in [5.41, 5.74) is -2.63. The average molecular weight is 154 g/mol. The third kappa shape index (κ3) is 2.02. The van der Waals surface area contributed by atoms with E-state index in [0.29, 0.717) is 6.92 Å². The molecule has 0 radical (unpaired) electrons. The monoisotopic (exact) mass is 154 g/mol. The van der Waals surface area contributed by atoms with Gasteiger partial charge in [-0.15, -0.1) is 6.58 Å². The molecular formula is C6H9F3O. The molecule has 10 heavy (non-hydrogen) atoms. The lowest BCUT2D eigenvalue weighted by Crippen LogP contribution is -2.41. The molecule has 60 valence electrons. The molecular weight excluding hydrogens is 145 g/mol. The number of hydrogen-bond acceptors (Lipinski definition) is 1. The van der Waals surface area contributed by atoms with Crippen LogP contribution in [-0.4, -0.2) is 16.9 Å². The molecule has 0 rings (SSSR count). The van der Waals surface area contributed by atoms with Gasteiger partial charge in [0, 0.05) is 6.42 Å². The Morgan fingerprint density at radius 2 is 1.90 bits per heavy atom. The standard InChI is InChI=1S/C6H9F3O/c1-3-4-5(2,10)6(7,8)9/h3,10H,1,4H2,2H3/t5-/m1/s1. The zero-order valence-corrected chi connectivity index (χ0v) is 5.57. The first-order valence-corrected chi connectivity index (χ1v) is 2.71. The van der Waals surface area contributed by atoms with Crippen molar-refractivity contribution in [1.29, 1.82) is 0 Å². The second-order valence-corrected chi connectivity index (χ2v) is 2.26. The van der Waals surface area contributed by atoms with Crippen molar-refractivity contribution >= 4 is 0 Å². The molecule has 0 aromatic carbocycles. The van der Waals surface area contributed by atoms with Crippen LogP contribution in [0, 0.1) is 0 Å². The number of halogens is 3. The Bertz CT molecular complexity index is 125. The van der Waals surface area contributed by atoms with Crippen LogP contribution in [0.1, 0.15) is 13.3 Å². The van der Waals surface area contributed by atoms with Crippen LogP contribution in [0.15, 0.2) is 12.7 Å². The highest BCUT2D eigenvalue weighted by Gasteiger charge is 2.48. The zero-order valence-electron chi connectivity index (χ0n) is 5.57. The van der Waals surface area contributed by atoms with Gasteiger partial charge in [-0.05, 0) is 6.92 Å². The number of alkyl halides is 3. The predicted molar refractivity (Wildman–Crippen MR) is 31.5 cm³/mol. The van der Waals surface area contributed by atoms with Crippen molar-refractivity contribution in [3.8, 4) is 0 Å². The van der Waals surface area contributed by atoms with Crippen LogP contribution in [0.4, 0.5) is 13.2 Å². The van der Waals surface area contributed by atoms with Crippen LogP contribution in [0.5, 0.6) is 0 Å². The van der Waals surface area contributed by atoms with Gasteiger partial charge in [0.1, 0.15) is 0 Å². The van der Waals surface area contributed by atoms with E-state index in [4.69, 9.17) is 5.11 Å². The van der Waals surface area contributed by atoms with E-state index in [-0.39, 0.29) is 0 Å². The number of aliphatic hydroxyl groups is 1. The Labute approximate surface area is 57.2 Å². The fourth-order valence-corrected chi connectivity index (χ4v) is 0.397. The van der Waals surface area contributed by atoms with E-state index in [2.05, 4.69) is 6.58 Å². The third-order valence-corrected chi connectivity index (χ3v) is 1.15.